The Labute approximate surface area is 176 Å². The van der Waals surface area contributed by atoms with Crippen LogP contribution < -0.4 is 10.9 Å². The van der Waals surface area contributed by atoms with Crippen LogP contribution in [0, 0.1) is 13.8 Å². The van der Waals surface area contributed by atoms with Gasteiger partial charge in [0, 0.05) is 7.05 Å². The number of amides is 3. The lowest BCUT2D eigenvalue weighted by molar-refractivity contribution is -0.132. The zero-order valence-corrected chi connectivity index (χ0v) is 17.5. The minimum Gasteiger partial charge on any atom is -0.463 e. The van der Waals surface area contributed by atoms with Gasteiger partial charge in [0.25, 0.3) is 11.5 Å². The fraction of sp³-hybridized carbons (Fsp3) is 0.286. The number of carbonyl (C=O) groups is 2. The molecule has 5 rings (SSSR count). The quantitative estimate of drug-likeness (QED) is 0.505. The van der Waals surface area contributed by atoms with Crippen molar-refractivity contribution in [1.29, 1.82) is 0 Å². The predicted molar refractivity (Wildman–Crippen MR) is 110 cm³/mol. The van der Waals surface area contributed by atoms with Crippen molar-refractivity contribution in [3.8, 4) is 0 Å². The molecule has 10 nitrogen and oxygen atoms in total. The Bertz CT molecular complexity index is 1460. The minimum atomic E-state index is -1.31. The first kappa shape index (κ1) is 19.0. The van der Waals surface area contributed by atoms with Crippen LogP contribution >= 0.6 is 0 Å². The predicted octanol–water partition coefficient (Wildman–Crippen LogP) is 1.76. The van der Waals surface area contributed by atoms with Gasteiger partial charge < -0.3 is 9.73 Å². The average Bonchev–Trinajstić information content (AvgIpc) is 3.41. The van der Waals surface area contributed by atoms with Gasteiger partial charge in [-0.15, -0.1) is 10.2 Å². The number of urea groups is 1. The summed E-state index contributed by atoms with van der Waals surface area (Å²) in [6.45, 7) is 5.17. The van der Waals surface area contributed by atoms with Crippen LogP contribution in [-0.2, 0) is 23.9 Å². The second-order valence-corrected chi connectivity index (χ2v) is 7.99. The molecule has 1 unspecified atom stereocenters. The third kappa shape index (κ3) is 2.61. The van der Waals surface area contributed by atoms with Gasteiger partial charge >= 0.3 is 6.03 Å². The number of hydrogen-bond donors (Lipinski definition) is 1. The lowest BCUT2D eigenvalue weighted by Gasteiger charge is -2.19. The minimum absolute atomic E-state index is 0.109. The summed E-state index contributed by atoms with van der Waals surface area (Å²) in [4.78, 5) is 39.7. The molecule has 1 N–H and O–H groups in total. The van der Waals surface area contributed by atoms with Gasteiger partial charge in [0.15, 0.2) is 11.4 Å². The summed E-state index contributed by atoms with van der Waals surface area (Å²) in [7, 11) is 1.61. The largest absolute Gasteiger partial charge is 0.463 e. The smallest absolute Gasteiger partial charge is 0.325 e. The zero-order chi connectivity index (χ0) is 22.1. The van der Waals surface area contributed by atoms with Crippen LogP contribution in [0.1, 0.15) is 29.8 Å². The Morgan fingerprint density at radius 3 is 2.58 bits per heavy atom. The Hall–Kier alpha value is -3.95. The zero-order valence-electron chi connectivity index (χ0n) is 17.5. The van der Waals surface area contributed by atoms with Crippen LogP contribution in [0.4, 0.5) is 4.79 Å². The van der Waals surface area contributed by atoms with Gasteiger partial charge in [-0.3, -0.25) is 23.5 Å². The van der Waals surface area contributed by atoms with Crippen molar-refractivity contribution in [3.63, 3.8) is 0 Å². The first-order valence-electron chi connectivity index (χ1n) is 9.75. The molecule has 0 saturated carbocycles. The highest BCUT2D eigenvalue weighted by Crippen LogP contribution is 2.31. The second kappa shape index (κ2) is 6.27. The van der Waals surface area contributed by atoms with Crippen LogP contribution in [0.25, 0.3) is 16.7 Å². The molecule has 1 atom stereocenters. The third-order valence-corrected chi connectivity index (χ3v) is 5.75. The summed E-state index contributed by atoms with van der Waals surface area (Å²) in [6, 6.07) is 8.36. The van der Waals surface area contributed by atoms with Gasteiger partial charge in [-0.2, -0.15) is 0 Å². The number of nitrogens with one attached hydrogen (secondary N) is 1. The molecule has 1 aliphatic rings. The van der Waals surface area contributed by atoms with E-state index in [0.717, 1.165) is 10.5 Å². The van der Waals surface area contributed by atoms with Crippen LogP contribution in [0.3, 0.4) is 0 Å². The number of nitrogens with zero attached hydrogens (tertiary/aromatic N) is 5. The maximum Gasteiger partial charge on any atom is 0.325 e. The maximum absolute atomic E-state index is 13.2. The molecule has 158 valence electrons. The van der Waals surface area contributed by atoms with Crippen LogP contribution in [0.5, 0.6) is 0 Å². The van der Waals surface area contributed by atoms with E-state index < -0.39 is 17.5 Å². The Balaban J connectivity index is 1.62. The Morgan fingerprint density at radius 2 is 1.87 bits per heavy atom. The van der Waals surface area contributed by atoms with Crippen LogP contribution in [0.15, 0.2) is 39.5 Å². The summed E-state index contributed by atoms with van der Waals surface area (Å²) in [6.07, 6.45) is 0. The summed E-state index contributed by atoms with van der Waals surface area (Å²) in [5, 5.41) is 11.5. The monoisotopic (exact) mass is 420 g/mol. The number of rotatable bonds is 3. The van der Waals surface area contributed by atoms with Crippen molar-refractivity contribution in [2.75, 3.05) is 0 Å². The number of furan rings is 1. The molecule has 1 aromatic carbocycles. The van der Waals surface area contributed by atoms with E-state index in [2.05, 4.69) is 15.5 Å². The fourth-order valence-electron chi connectivity index (χ4n) is 4.01. The van der Waals surface area contributed by atoms with Crippen molar-refractivity contribution in [1.82, 2.24) is 29.4 Å². The number of hydrogen-bond acceptors (Lipinski definition) is 6. The standard InChI is InChI=1S/C21H20N6O4/c1-11-5-7-14-13(9-11)17(28)25(4)19-24-23-16(27(14)19)10-26-18(29)21(3,22-20(26)30)15-8-6-12(2)31-15/h5-9H,10H2,1-4H3,(H,22,30). The number of aromatic nitrogens is 4. The first-order chi connectivity index (χ1) is 14.7. The Kier molecular flexibility index (Phi) is 3.85. The number of fused-ring (bicyclic) bond motifs is 3. The van der Waals surface area contributed by atoms with Gasteiger partial charge in [0.05, 0.1) is 17.4 Å². The normalized spacial score (nSPS) is 19.0. The average molecular weight is 420 g/mol. The molecule has 0 aliphatic carbocycles. The van der Waals surface area contributed by atoms with E-state index in [4.69, 9.17) is 4.42 Å². The molecule has 0 radical (unpaired) electrons. The van der Waals surface area contributed by atoms with Gasteiger partial charge in [-0.1, -0.05) is 11.6 Å². The topological polar surface area (TPSA) is 115 Å². The van der Waals surface area contributed by atoms with Crippen LogP contribution in [0.2, 0.25) is 0 Å². The fourth-order valence-corrected chi connectivity index (χ4v) is 4.01. The molecule has 31 heavy (non-hydrogen) atoms. The molecular weight excluding hydrogens is 400 g/mol. The molecule has 4 heterocycles. The second-order valence-electron chi connectivity index (χ2n) is 7.99. The molecule has 3 amide bonds. The lowest BCUT2D eigenvalue weighted by atomic mass is 9.99. The van der Waals surface area contributed by atoms with Gasteiger partial charge in [0.1, 0.15) is 11.5 Å². The summed E-state index contributed by atoms with van der Waals surface area (Å²) in [5.41, 5.74) is 0.0518. The third-order valence-electron chi connectivity index (χ3n) is 5.75. The first-order valence-corrected chi connectivity index (χ1v) is 9.75. The van der Waals surface area contributed by atoms with Crippen molar-refractivity contribution in [2.45, 2.75) is 32.9 Å². The van der Waals surface area contributed by atoms with Crippen LogP contribution in [-0.4, -0.2) is 36.0 Å². The highest BCUT2D eigenvalue weighted by Gasteiger charge is 2.51. The number of imide groups is 1. The molecule has 1 saturated heterocycles. The highest BCUT2D eigenvalue weighted by atomic mass is 16.3. The SMILES string of the molecule is Cc1ccc2c(c1)c(=O)n(C)c1nnc(CN3C(=O)NC(C)(c4ccc(C)o4)C3=O)n21. The van der Waals surface area contributed by atoms with Crippen molar-refractivity contribution < 1.29 is 14.0 Å². The highest BCUT2D eigenvalue weighted by molar-refractivity contribution is 6.06. The molecular formula is C21H20N6O4. The number of carbonyl (C=O) groups excluding carboxylic acids is 2. The molecule has 10 heteroatoms. The van der Waals surface area contributed by atoms with E-state index in [-0.39, 0.29) is 12.1 Å². The number of aryl methyl sites for hydroxylation is 3. The molecule has 0 bridgehead atoms. The summed E-state index contributed by atoms with van der Waals surface area (Å²) >= 11 is 0. The van der Waals surface area contributed by atoms with E-state index in [9.17, 15) is 14.4 Å². The molecule has 0 spiro atoms. The lowest BCUT2D eigenvalue weighted by Crippen LogP contribution is -2.40. The molecule has 4 aromatic rings. The molecule has 1 aliphatic heterocycles. The van der Waals surface area contributed by atoms with E-state index >= 15 is 0 Å². The Morgan fingerprint density at radius 1 is 1.10 bits per heavy atom. The van der Waals surface area contributed by atoms with Gasteiger partial charge in [0.2, 0.25) is 5.78 Å². The molecule has 3 aromatic heterocycles. The van der Waals surface area contributed by atoms with Crippen molar-refractivity contribution in [2.24, 2.45) is 7.05 Å². The maximum atomic E-state index is 13.2. The molecule has 1 fully saturated rings. The summed E-state index contributed by atoms with van der Waals surface area (Å²) in [5.74, 6) is 1.24. The van der Waals surface area contributed by atoms with Gasteiger partial charge in [-0.25, -0.2) is 4.79 Å². The van der Waals surface area contributed by atoms with Gasteiger partial charge in [-0.05, 0) is 45.0 Å². The summed E-state index contributed by atoms with van der Waals surface area (Å²) < 4.78 is 8.71. The van der Waals surface area contributed by atoms with E-state index in [0.29, 0.717) is 34.0 Å². The van der Waals surface area contributed by atoms with E-state index in [1.54, 1.807) is 43.5 Å². The van der Waals surface area contributed by atoms with Crippen molar-refractivity contribution >= 4 is 28.6 Å². The number of benzene rings is 1. The van der Waals surface area contributed by atoms with E-state index in [1.807, 2.05) is 19.1 Å². The van der Waals surface area contributed by atoms with E-state index in [1.165, 1.54) is 4.57 Å². The van der Waals surface area contributed by atoms with Crippen molar-refractivity contribution in [3.05, 3.63) is 63.6 Å².